The van der Waals surface area contributed by atoms with Crippen molar-refractivity contribution in [1.82, 2.24) is 4.57 Å². The van der Waals surface area contributed by atoms with Crippen LogP contribution in [0, 0.1) is 0 Å². The van der Waals surface area contributed by atoms with Crippen molar-refractivity contribution >= 4 is 28.3 Å². The molecule has 0 spiro atoms. The van der Waals surface area contributed by atoms with Gasteiger partial charge in [-0.3, -0.25) is 9.59 Å². The Labute approximate surface area is 178 Å². The Kier molecular flexibility index (Phi) is 5.62. The number of anilines is 1. The molecule has 0 fully saturated rings. The van der Waals surface area contributed by atoms with Crippen LogP contribution in [0.3, 0.4) is 0 Å². The van der Waals surface area contributed by atoms with E-state index in [-0.39, 0.29) is 11.3 Å². The molecule has 0 saturated heterocycles. The number of para-hydroxylation sites is 1. The maximum atomic E-state index is 13.1. The molecule has 6 heteroatoms. The summed E-state index contributed by atoms with van der Waals surface area (Å²) in [6.07, 6.45) is 0. The van der Waals surface area contributed by atoms with E-state index in [4.69, 9.17) is 4.74 Å². The van der Waals surface area contributed by atoms with Crippen LogP contribution in [0.4, 0.5) is 5.69 Å². The number of esters is 1. The Hall–Kier alpha value is -4.19. The molecule has 1 aromatic heterocycles. The lowest BCUT2D eigenvalue weighted by molar-refractivity contribution is -0.119. The predicted octanol–water partition coefficient (Wildman–Crippen LogP) is 4.00. The largest absolute Gasteiger partial charge is 0.451 e. The first kappa shape index (κ1) is 20.1. The Morgan fingerprint density at radius 1 is 0.839 bits per heavy atom. The van der Waals surface area contributed by atoms with Gasteiger partial charge in [-0.25, -0.2) is 4.79 Å². The van der Waals surface area contributed by atoms with Gasteiger partial charge in [-0.1, -0.05) is 66.7 Å². The SMILES string of the molecule is Cn1c(C(=O)OCC(=O)Nc2ccccc2)c(-c2ccccc2)c2ccccc2c1=O. The first-order valence-corrected chi connectivity index (χ1v) is 9.75. The molecule has 31 heavy (non-hydrogen) atoms. The molecule has 0 aliphatic carbocycles. The van der Waals surface area contributed by atoms with Gasteiger partial charge < -0.3 is 14.6 Å². The van der Waals surface area contributed by atoms with Gasteiger partial charge in [-0.15, -0.1) is 0 Å². The van der Waals surface area contributed by atoms with Crippen LogP contribution in [-0.4, -0.2) is 23.1 Å². The number of hydrogen-bond acceptors (Lipinski definition) is 4. The highest BCUT2D eigenvalue weighted by atomic mass is 16.5. The van der Waals surface area contributed by atoms with Crippen molar-refractivity contribution in [3.8, 4) is 11.1 Å². The third-order valence-electron chi connectivity index (χ3n) is 4.95. The van der Waals surface area contributed by atoms with Crippen LogP contribution in [0.2, 0.25) is 0 Å². The third-order valence-corrected chi connectivity index (χ3v) is 4.95. The molecule has 0 aliphatic rings. The average molecular weight is 412 g/mol. The van der Waals surface area contributed by atoms with Crippen molar-refractivity contribution < 1.29 is 14.3 Å². The van der Waals surface area contributed by atoms with E-state index in [1.54, 1.807) is 42.5 Å². The number of ether oxygens (including phenoxy) is 1. The molecule has 1 N–H and O–H groups in total. The summed E-state index contributed by atoms with van der Waals surface area (Å²) in [6, 6.07) is 25.3. The summed E-state index contributed by atoms with van der Waals surface area (Å²) in [6.45, 7) is -0.469. The number of carbonyl (C=O) groups excluding carboxylic acids is 2. The highest BCUT2D eigenvalue weighted by Crippen LogP contribution is 2.30. The van der Waals surface area contributed by atoms with Crippen LogP contribution >= 0.6 is 0 Å². The summed E-state index contributed by atoms with van der Waals surface area (Å²) in [5, 5.41) is 3.82. The number of carbonyl (C=O) groups is 2. The van der Waals surface area contributed by atoms with Gasteiger partial charge in [0.2, 0.25) is 0 Å². The molecule has 4 aromatic rings. The van der Waals surface area contributed by atoms with Crippen LogP contribution < -0.4 is 10.9 Å². The third kappa shape index (κ3) is 4.09. The second kappa shape index (κ2) is 8.67. The molecule has 0 aliphatic heterocycles. The molecule has 0 bridgehead atoms. The van der Waals surface area contributed by atoms with Crippen LogP contribution in [0.25, 0.3) is 21.9 Å². The highest BCUT2D eigenvalue weighted by Gasteiger charge is 2.23. The summed E-state index contributed by atoms with van der Waals surface area (Å²) in [7, 11) is 1.53. The number of pyridine rings is 1. The minimum atomic E-state index is -0.743. The van der Waals surface area contributed by atoms with E-state index >= 15 is 0 Å². The van der Waals surface area contributed by atoms with Crippen molar-refractivity contribution in [1.29, 1.82) is 0 Å². The summed E-state index contributed by atoms with van der Waals surface area (Å²) < 4.78 is 6.58. The first-order chi connectivity index (χ1) is 15.1. The minimum Gasteiger partial charge on any atom is -0.451 e. The Morgan fingerprint density at radius 3 is 2.10 bits per heavy atom. The fraction of sp³-hybridized carbons (Fsp3) is 0.0800. The lowest BCUT2D eigenvalue weighted by atomic mass is 9.97. The molecule has 0 saturated carbocycles. The number of aromatic nitrogens is 1. The van der Waals surface area contributed by atoms with Gasteiger partial charge in [-0.05, 0) is 29.1 Å². The molecule has 0 radical (unpaired) electrons. The molecular weight excluding hydrogens is 392 g/mol. The van der Waals surface area contributed by atoms with Gasteiger partial charge in [0.05, 0.1) is 0 Å². The van der Waals surface area contributed by atoms with Gasteiger partial charge in [0, 0.05) is 23.7 Å². The molecule has 0 unspecified atom stereocenters. The van der Waals surface area contributed by atoms with Gasteiger partial charge in [-0.2, -0.15) is 0 Å². The summed E-state index contributed by atoms with van der Waals surface area (Å²) in [4.78, 5) is 38.2. The number of nitrogens with zero attached hydrogens (tertiary/aromatic N) is 1. The highest BCUT2D eigenvalue weighted by molar-refractivity contribution is 6.07. The lowest BCUT2D eigenvalue weighted by Crippen LogP contribution is -2.28. The molecule has 3 aromatic carbocycles. The maximum absolute atomic E-state index is 13.1. The molecule has 0 atom stereocenters. The van der Waals surface area contributed by atoms with Crippen LogP contribution in [0.15, 0.2) is 89.7 Å². The number of fused-ring (bicyclic) bond motifs is 1. The second-order valence-corrected chi connectivity index (χ2v) is 6.99. The Balaban J connectivity index is 1.71. The van der Waals surface area contributed by atoms with Crippen molar-refractivity contribution in [3.63, 3.8) is 0 Å². The van der Waals surface area contributed by atoms with Crippen molar-refractivity contribution in [2.45, 2.75) is 0 Å². The monoisotopic (exact) mass is 412 g/mol. The zero-order valence-electron chi connectivity index (χ0n) is 16.9. The van der Waals surface area contributed by atoms with Gasteiger partial charge in [0.15, 0.2) is 6.61 Å². The predicted molar refractivity (Wildman–Crippen MR) is 120 cm³/mol. The topological polar surface area (TPSA) is 77.4 Å². The average Bonchev–Trinajstić information content (AvgIpc) is 2.81. The zero-order chi connectivity index (χ0) is 21.8. The van der Waals surface area contributed by atoms with Crippen LogP contribution in [0.5, 0.6) is 0 Å². The number of rotatable bonds is 5. The smallest absolute Gasteiger partial charge is 0.356 e. The van der Waals surface area contributed by atoms with E-state index in [0.717, 1.165) is 5.56 Å². The molecule has 1 amide bonds. The normalized spacial score (nSPS) is 10.6. The Bertz CT molecular complexity index is 1310. The van der Waals surface area contributed by atoms with E-state index in [0.29, 0.717) is 22.0 Å². The van der Waals surface area contributed by atoms with E-state index in [1.807, 2.05) is 42.5 Å². The fourth-order valence-corrected chi connectivity index (χ4v) is 3.52. The van der Waals surface area contributed by atoms with Crippen LogP contribution in [-0.2, 0) is 16.6 Å². The number of amides is 1. The number of hydrogen-bond donors (Lipinski definition) is 1. The van der Waals surface area contributed by atoms with E-state index in [2.05, 4.69) is 5.32 Å². The molecule has 6 nitrogen and oxygen atoms in total. The maximum Gasteiger partial charge on any atom is 0.356 e. The molecule has 154 valence electrons. The van der Waals surface area contributed by atoms with Crippen molar-refractivity contribution in [2.24, 2.45) is 7.05 Å². The zero-order valence-corrected chi connectivity index (χ0v) is 16.9. The second-order valence-electron chi connectivity index (χ2n) is 6.99. The first-order valence-electron chi connectivity index (χ1n) is 9.75. The lowest BCUT2D eigenvalue weighted by Gasteiger charge is -2.16. The summed E-state index contributed by atoms with van der Waals surface area (Å²) >= 11 is 0. The van der Waals surface area contributed by atoms with Crippen LogP contribution in [0.1, 0.15) is 10.5 Å². The quantitative estimate of drug-likeness (QED) is 0.503. The molecular formula is C25H20N2O4. The standard InChI is InChI=1S/C25H20N2O4/c1-27-23(25(30)31-16-21(28)26-18-12-6-3-7-13-18)22(17-10-4-2-5-11-17)19-14-8-9-15-20(19)24(27)29/h2-15H,16H2,1H3,(H,26,28). The Morgan fingerprint density at radius 2 is 1.42 bits per heavy atom. The van der Waals surface area contributed by atoms with Gasteiger partial charge in [0.1, 0.15) is 5.69 Å². The minimum absolute atomic E-state index is 0.0995. The molecule has 1 heterocycles. The van der Waals surface area contributed by atoms with Gasteiger partial charge in [0.25, 0.3) is 11.5 Å². The molecule has 4 rings (SSSR count). The summed E-state index contributed by atoms with van der Waals surface area (Å²) in [5.41, 5.74) is 1.76. The summed E-state index contributed by atoms with van der Waals surface area (Å²) in [5.74, 6) is -1.21. The van der Waals surface area contributed by atoms with Gasteiger partial charge >= 0.3 is 5.97 Å². The van der Waals surface area contributed by atoms with Crippen molar-refractivity contribution in [2.75, 3.05) is 11.9 Å². The van der Waals surface area contributed by atoms with E-state index in [1.165, 1.54) is 11.6 Å². The fourth-order valence-electron chi connectivity index (χ4n) is 3.52. The number of nitrogens with one attached hydrogen (secondary N) is 1. The van der Waals surface area contributed by atoms with E-state index < -0.39 is 18.5 Å². The van der Waals surface area contributed by atoms with E-state index in [9.17, 15) is 14.4 Å². The number of benzene rings is 3. The van der Waals surface area contributed by atoms with Crippen molar-refractivity contribution in [3.05, 3.63) is 101 Å².